The minimum Gasteiger partial charge on any atom is -0.455 e. The summed E-state index contributed by atoms with van der Waals surface area (Å²) >= 11 is 0. The van der Waals surface area contributed by atoms with Gasteiger partial charge in [0, 0.05) is 13.1 Å². The first-order valence-electron chi connectivity index (χ1n) is 5.32. The lowest BCUT2D eigenvalue weighted by Crippen LogP contribution is -2.26. The lowest BCUT2D eigenvalue weighted by molar-refractivity contribution is 0.00576. The molecule has 1 aromatic rings. The molecule has 1 N–H and O–H groups in total. The van der Waals surface area contributed by atoms with E-state index in [1.54, 1.807) is 10.9 Å². The lowest BCUT2D eigenvalue weighted by Gasteiger charge is -2.19. The summed E-state index contributed by atoms with van der Waals surface area (Å²) in [7, 11) is 1.87. The number of aromatic nitrogens is 2. The van der Waals surface area contributed by atoms with E-state index in [0.29, 0.717) is 12.2 Å². The molecule has 0 spiro atoms. The van der Waals surface area contributed by atoms with Gasteiger partial charge in [0.2, 0.25) is 0 Å². The predicted molar refractivity (Wildman–Crippen MR) is 61.3 cm³/mol. The summed E-state index contributed by atoms with van der Waals surface area (Å²) in [5.41, 5.74) is 0.0139. The Hall–Kier alpha value is -1.36. The Bertz CT molecular complexity index is 352. The van der Waals surface area contributed by atoms with Crippen LogP contribution in [-0.2, 0) is 11.3 Å². The van der Waals surface area contributed by atoms with Crippen molar-refractivity contribution >= 4 is 5.97 Å². The van der Waals surface area contributed by atoms with Gasteiger partial charge in [-0.2, -0.15) is 0 Å². The molecule has 5 heteroatoms. The van der Waals surface area contributed by atoms with Crippen LogP contribution in [0.3, 0.4) is 0 Å². The lowest BCUT2D eigenvalue weighted by atomic mass is 10.2. The van der Waals surface area contributed by atoms with Crippen molar-refractivity contribution in [1.29, 1.82) is 0 Å². The summed E-state index contributed by atoms with van der Waals surface area (Å²) in [5, 5.41) is 3.02. The average molecular weight is 225 g/mol. The molecule has 1 aromatic heterocycles. The highest BCUT2D eigenvalue weighted by atomic mass is 16.6. The predicted octanol–water partition coefficient (Wildman–Crippen LogP) is 1.06. The number of imidazole rings is 1. The van der Waals surface area contributed by atoms with Crippen LogP contribution in [0.2, 0.25) is 0 Å². The molecule has 1 heterocycles. The standard InChI is InChI=1S/C11H19N3O2/c1-11(2,3)16-10(15)9-7-13-8-14(9)6-5-12-4/h7-8,12H,5-6H2,1-4H3. The van der Waals surface area contributed by atoms with Gasteiger partial charge in [-0.3, -0.25) is 0 Å². The highest BCUT2D eigenvalue weighted by Crippen LogP contribution is 2.11. The topological polar surface area (TPSA) is 56.2 Å². The number of nitrogens with zero attached hydrogens (tertiary/aromatic N) is 2. The van der Waals surface area contributed by atoms with Crippen LogP contribution >= 0.6 is 0 Å². The zero-order valence-electron chi connectivity index (χ0n) is 10.3. The largest absolute Gasteiger partial charge is 0.455 e. The van der Waals surface area contributed by atoms with Gasteiger partial charge >= 0.3 is 5.97 Å². The van der Waals surface area contributed by atoms with E-state index in [4.69, 9.17) is 4.74 Å². The maximum atomic E-state index is 11.8. The van der Waals surface area contributed by atoms with Crippen LogP contribution in [0.15, 0.2) is 12.5 Å². The third-order valence-electron chi connectivity index (χ3n) is 1.92. The van der Waals surface area contributed by atoms with E-state index in [1.165, 1.54) is 6.20 Å². The fraction of sp³-hybridized carbons (Fsp3) is 0.636. The number of ether oxygens (including phenoxy) is 1. The summed E-state index contributed by atoms with van der Waals surface area (Å²) in [6.07, 6.45) is 3.17. The number of hydrogen-bond acceptors (Lipinski definition) is 4. The number of rotatable bonds is 4. The Morgan fingerprint density at radius 1 is 1.56 bits per heavy atom. The fourth-order valence-electron chi connectivity index (χ4n) is 1.23. The molecule has 16 heavy (non-hydrogen) atoms. The van der Waals surface area contributed by atoms with E-state index in [2.05, 4.69) is 10.3 Å². The molecule has 0 saturated carbocycles. The summed E-state index contributed by atoms with van der Waals surface area (Å²) in [5.74, 6) is -0.332. The van der Waals surface area contributed by atoms with E-state index < -0.39 is 5.60 Å². The van der Waals surface area contributed by atoms with Crippen molar-refractivity contribution in [1.82, 2.24) is 14.9 Å². The SMILES string of the molecule is CNCCn1cncc1C(=O)OC(C)(C)C. The minimum absolute atomic E-state index is 0.332. The van der Waals surface area contributed by atoms with E-state index in [-0.39, 0.29) is 5.97 Å². The second-order valence-corrected chi connectivity index (χ2v) is 4.58. The molecule has 0 atom stereocenters. The molecule has 0 aromatic carbocycles. The number of hydrogen-bond donors (Lipinski definition) is 1. The molecule has 0 saturated heterocycles. The van der Waals surface area contributed by atoms with Crippen molar-refractivity contribution < 1.29 is 9.53 Å². The van der Waals surface area contributed by atoms with Crippen LogP contribution in [0.1, 0.15) is 31.3 Å². The van der Waals surface area contributed by atoms with E-state index in [1.807, 2.05) is 27.8 Å². The first-order valence-corrected chi connectivity index (χ1v) is 5.32. The molecule has 0 radical (unpaired) electrons. The van der Waals surface area contributed by atoms with Crippen LogP contribution in [0, 0.1) is 0 Å². The Kier molecular flexibility index (Phi) is 4.06. The van der Waals surface area contributed by atoms with Crippen LogP contribution in [-0.4, -0.2) is 34.7 Å². The van der Waals surface area contributed by atoms with Gasteiger partial charge < -0.3 is 14.6 Å². The highest BCUT2D eigenvalue weighted by Gasteiger charge is 2.20. The monoisotopic (exact) mass is 225 g/mol. The van der Waals surface area contributed by atoms with Crippen LogP contribution < -0.4 is 5.32 Å². The van der Waals surface area contributed by atoms with Crippen molar-refractivity contribution in [2.24, 2.45) is 0 Å². The maximum absolute atomic E-state index is 11.8. The zero-order valence-corrected chi connectivity index (χ0v) is 10.3. The minimum atomic E-state index is -0.477. The Morgan fingerprint density at radius 2 is 2.25 bits per heavy atom. The normalized spacial score (nSPS) is 11.5. The molecule has 90 valence electrons. The Morgan fingerprint density at radius 3 is 2.81 bits per heavy atom. The molecule has 0 unspecified atom stereocenters. The van der Waals surface area contributed by atoms with Crippen molar-refractivity contribution in [3.63, 3.8) is 0 Å². The molecule has 0 aliphatic heterocycles. The van der Waals surface area contributed by atoms with E-state index in [9.17, 15) is 4.79 Å². The molecule has 0 bridgehead atoms. The van der Waals surface area contributed by atoms with Gasteiger partial charge in [-0.05, 0) is 27.8 Å². The summed E-state index contributed by atoms with van der Waals surface area (Å²) in [4.78, 5) is 15.8. The second kappa shape index (κ2) is 5.12. The van der Waals surface area contributed by atoms with Crippen LogP contribution in [0.5, 0.6) is 0 Å². The van der Waals surface area contributed by atoms with Crippen LogP contribution in [0.25, 0.3) is 0 Å². The Balaban J connectivity index is 2.72. The van der Waals surface area contributed by atoms with E-state index in [0.717, 1.165) is 6.54 Å². The van der Waals surface area contributed by atoms with Gasteiger partial charge in [-0.25, -0.2) is 9.78 Å². The van der Waals surface area contributed by atoms with Gasteiger partial charge in [0.05, 0.1) is 12.5 Å². The summed E-state index contributed by atoms with van der Waals surface area (Å²) < 4.78 is 7.06. The number of carbonyl (C=O) groups is 1. The number of carbonyl (C=O) groups excluding carboxylic acids is 1. The van der Waals surface area contributed by atoms with Crippen molar-refractivity contribution in [3.8, 4) is 0 Å². The molecule has 0 amide bonds. The molecular weight excluding hydrogens is 206 g/mol. The highest BCUT2D eigenvalue weighted by molar-refractivity contribution is 5.87. The van der Waals surface area contributed by atoms with Gasteiger partial charge in [0.25, 0.3) is 0 Å². The first kappa shape index (κ1) is 12.7. The summed E-state index contributed by atoms with van der Waals surface area (Å²) in [6.45, 7) is 7.02. The number of nitrogens with one attached hydrogen (secondary N) is 1. The zero-order chi connectivity index (χ0) is 12.2. The fourth-order valence-corrected chi connectivity index (χ4v) is 1.23. The smallest absolute Gasteiger partial charge is 0.357 e. The molecule has 0 fully saturated rings. The van der Waals surface area contributed by atoms with Crippen molar-refractivity contribution in [2.45, 2.75) is 32.9 Å². The quantitative estimate of drug-likeness (QED) is 0.778. The molecule has 5 nitrogen and oxygen atoms in total. The number of esters is 1. The maximum Gasteiger partial charge on any atom is 0.357 e. The van der Waals surface area contributed by atoms with Gasteiger partial charge in [-0.15, -0.1) is 0 Å². The van der Waals surface area contributed by atoms with Gasteiger partial charge in [0.15, 0.2) is 0 Å². The Labute approximate surface area is 95.8 Å². The molecule has 0 aliphatic carbocycles. The molecular formula is C11H19N3O2. The number of likely N-dealkylation sites (N-methyl/N-ethyl adjacent to an activating group) is 1. The average Bonchev–Trinajstić information content (AvgIpc) is 2.59. The third-order valence-corrected chi connectivity index (χ3v) is 1.92. The summed E-state index contributed by atoms with van der Waals surface area (Å²) in [6, 6.07) is 0. The first-order chi connectivity index (χ1) is 7.44. The van der Waals surface area contributed by atoms with Crippen molar-refractivity contribution in [2.75, 3.05) is 13.6 Å². The van der Waals surface area contributed by atoms with Gasteiger partial charge in [0.1, 0.15) is 11.3 Å². The molecule has 0 aliphatic rings. The second-order valence-electron chi connectivity index (χ2n) is 4.58. The molecule has 1 rings (SSSR count). The van der Waals surface area contributed by atoms with Gasteiger partial charge in [-0.1, -0.05) is 0 Å². The van der Waals surface area contributed by atoms with Crippen molar-refractivity contribution in [3.05, 3.63) is 18.2 Å². The van der Waals surface area contributed by atoms with Crippen LogP contribution in [0.4, 0.5) is 0 Å². The van der Waals surface area contributed by atoms with E-state index >= 15 is 0 Å². The third kappa shape index (κ3) is 3.66.